The number of carbonyl (C=O) groups excluding carboxylic acids is 1. The molecule has 0 fully saturated rings. The summed E-state index contributed by atoms with van der Waals surface area (Å²) in [7, 11) is 0. The van der Waals surface area contributed by atoms with Crippen molar-refractivity contribution in [3.05, 3.63) is 46.0 Å². The minimum Gasteiger partial charge on any atom is -0.356 e. The quantitative estimate of drug-likeness (QED) is 0.290. The zero-order chi connectivity index (χ0) is 14.3. The Kier molecular flexibility index (Phi) is 40.1. The minimum atomic E-state index is -1.75. The van der Waals surface area contributed by atoms with Gasteiger partial charge in [0.15, 0.2) is 0 Å². The molecule has 0 unspecified atom stereocenters. The van der Waals surface area contributed by atoms with Gasteiger partial charge in [-0.1, -0.05) is 0 Å². The topological polar surface area (TPSA) is 268 Å². The fourth-order valence-electron chi connectivity index (χ4n) is 0. The van der Waals surface area contributed by atoms with Gasteiger partial charge in [-0.25, -0.2) is 4.79 Å². The molecule has 16 heteroatoms. The summed E-state index contributed by atoms with van der Waals surface area (Å²) < 4.78 is 0. The molecule has 15 nitrogen and oxygen atoms in total. The van der Waals surface area contributed by atoms with E-state index in [0.29, 0.717) is 0 Å². The normalized spacial score (nSPS) is 5.65. The molecular formula is CH4FeN5O10. The molecule has 0 bridgehead atoms. The van der Waals surface area contributed by atoms with Crippen molar-refractivity contribution in [2.24, 2.45) is 11.5 Å². The van der Waals surface area contributed by atoms with Gasteiger partial charge in [0.05, 0.1) is 15.3 Å². The van der Waals surface area contributed by atoms with Gasteiger partial charge in [0, 0.05) is 0 Å². The Balaban J connectivity index is -0.0000000369. The fourth-order valence-corrected chi connectivity index (χ4v) is 0. The van der Waals surface area contributed by atoms with E-state index in [2.05, 4.69) is 11.5 Å². The molecule has 0 aromatic heterocycles. The predicted octanol–water partition coefficient (Wildman–Crippen LogP) is -1.70. The van der Waals surface area contributed by atoms with E-state index in [1.807, 2.05) is 0 Å². The molecule has 17 heavy (non-hydrogen) atoms. The van der Waals surface area contributed by atoms with E-state index in [-0.39, 0.29) is 17.1 Å². The number of carbonyl (C=O) groups is 1. The summed E-state index contributed by atoms with van der Waals surface area (Å²) in [5.74, 6) is 0. The van der Waals surface area contributed by atoms with Crippen LogP contribution in [0.3, 0.4) is 0 Å². The number of urea groups is 1. The molecule has 0 aliphatic heterocycles. The monoisotopic (exact) mass is 302 g/mol. The standard InChI is InChI=1S/CH4N2O.Fe.3NO3/c2-1(3)4;;3*2-1(3)4/h(H4,2,3,4);;;;/q;+3;3*-1. The van der Waals surface area contributed by atoms with Crippen LogP contribution in [-0.4, -0.2) is 21.3 Å². The molecule has 0 aromatic rings. The zero-order valence-corrected chi connectivity index (χ0v) is 8.54. The van der Waals surface area contributed by atoms with Gasteiger partial charge < -0.3 is 57.4 Å². The van der Waals surface area contributed by atoms with Crippen LogP contribution in [0.25, 0.3) is 0 Å². The van der Waals surface area contributed by atoms with Crippen LogP contribution in [0.4, 0.5) is 4.79 Å². The van der Waals surface area contributed by atoms with E-state index in [1.165, 1.54) is 0 Å². The minimum absolute atomic E-state index is 0. The van der Waals surface area contributed by atoms with E-state index in [9.17, 15) is 0 Å². The van der Waals surface area contributed by atoms with Gasteiger partial charge in [0.1, 0.15) is 0 Å². The number of rotatable bonds is 0. The van der Waals surface area contributed by atoms with Crippen molar-refractivity contribution in [1.82, 2.24) is 0 Å². The third-order valence-corrected chi connectivity index (χ3v) is 0. The summed E-state index contributed by atoms with van der Waals surface area (Å²) in [6, 6.07) is -0.833. The molecule has 2 amide bonds. The van der Waals surface area contributed by atoms with Crippen molar-refractivity contribution in [2.45, 2.75) is 0 Å². The Bertz CT molecular complexity index is 165. The maximum Gasteiger partial charge on any atom is 3.00 e. The second kappa shape index (κ2) is 23.3. The molecule has 0 rings (SSSR count). The molecule has 0 aliphatic rings. The molecule has 0 aromatic carbocycles. The Labute approximate surface area is 101 Å². The Morgan fingerprint density at radius 1 is 0.706 bits per heavy atom. The molecule has 101 valence electrons. The maximum atomic E-state index is 9.00. The van der Waals surface area contributed by atoms with Crippen molar-refractivity contribution >= 4 is 6.03 Å². The van der Waals surface area contributed by atoms with Gasteiger partial charge in [0.25, 0.3) is 0 Å². The first kappa shape index (κ1) is 29.3. The number of nitrogens with zero attached hydrogens (tertiary/aromatic N) is 3. The number of primary amides is 2. The average molecular weight is 302 g/mol. The molecular weight excluding hydrogens is 298 g/mol. The molecule has 0 heterocycles. The van der Waals surface area contributed by atoms with Gasteiger partial charge in [-0.15, -0.1) is 0 Å². The van der Waals surface area contributed by atoms with Gasteiger partial charge in [0.2, 0.25) is 0 Å². The molecule has 0 saturated heterocycles. The molecule has 0 atom stereocenters. The van der Waals surface area contributed by atoms with Crippen LogP contribution in [-0.2, 0) is 17.1 Å². The van der Waals surface area contributed by atoms with E-state index < -0.39 is 21.3 Å². The number of nitrogens with two attached hydrogens (primary N) is 2. The largest absolute Gasteiger partial charge is 3.00 e. The van der Waals surface area contributed by atoms with Crippen LogP contribution in [0, 0.1) is 46.0 Å². The van der Waals surface area contributed by atoms with Crippen LogP contribution in [0.1, 0.15) is 0 Å². The summed E-state index contributed by atoms with van der Waals surface area (Å²) >= 11 is 0. The van der Waals surface area contributed by atoms with Crippen LogP contribution >= 0.6 is 0 Å². The maximum absolute atomic E-state index is 9.00. The summed E-state index contributed by atoms with van der Waals surface area (Å²) in [5.41, 5.74) is 8.50. The Hall–Kier alpha value is -2.61. The van der Waals surface area contributed by atoms with Crippen molar-refractivity contribution in [3.63, 3.8) is 0 Å². The van der Waals surface area contributed by atoms with Crippen molar-refractivity contribution < 1.29 is 37.1 Å². The summed E-state index contributed by atoms with van der Waals surface area (Å²) in [6.07, 6.45) is 0. The van der Waals surface area contributed by atoms with Crippen LogP contribution in [0.5, 0.6) is 0 Å². The van der Waals surface area contributed by atoms with Gasteiger partial charge >= 0.3 is 23.1 Å². The second-order valence-corrected chi connectivity index (χ2v) is 1.07. The van der Waals surface area contributed by atoms with Crippen molar-refractivity contribution in [2.75, 3.05) is 0 Å². The summed E-state index contributed by atoms with van der Waals surface area (Å²) in [4.78, 5) is 33.8. The van der Waals surface area contributed by atoms with Gasteiger partial charge in [-0.3, -0.25) is 0 Å². The fraction of sp³-hybridized carbons (Fsp3) is 0. The SMILES string of the molecule is NC(N)=O.O=[N+]([O-])[O-].O=[N+]([O-])[O-].O=[N+]([O-])[O-].[Fe+3]. The van der Waals surface area contributed by atoms with E-state index in [0.717, 1.165) is 0 Å². The number of hydrogen-bond acceptors (Lipinski definition) is 10. The molecule has 4 N–H and O–H groups in total. The first-order valence-corrected chi connectivity index (χ1v) is 2.42. The predicted molar refractivity (Wildman–Crippen MR) is 44.9 cm³/mol. The van der Waals surface area contributed by atoms with E-state index >= 15 is 0 Å². The van der Waals surface area contributed by atoms with E-state index in [1.54, 1.807) is 0 Å². The van der Waals surface area contributed by atoms with Gasteiger partial charge in [-0.2, -0.15) is 0 Å². The number of amides is 2. The number of hydrogen-bond donors (Lipinski definition) is 2. The summed E-state index contributed by atoms with van der Waals surface area (Å²) in [5, 5.41) is 44.2. The molecule has 0 aliphatic carbocycles. The third kappa shape index (κ3) is 255. The first-order chi connectivity index (χ1) is 6.93. The second-order valence-electron chi connectivity index (χ2n) is 1.07. The molecule has 0 spiro atoms. The molecule has 0 saturated carbocycles. The third-order valence-electron chi connectivity index (χ3n) is 0. The van der Waals surface area contributed by atoms with Crippen molar-refractivity contribution in [1.29, 1.82) is 0 Å². The zero-order valence-electron chi connectivity index (χ0n) is 7.43. The van der Waals surface area contributed by atoms with Crippen molar-refractivity contribution in [3.8, 4) is 0 Å². The molecule has 1 radical (unpaired) electrons. The Morgan fingerprint density at radius 3 is 0.706 bits per heavy atom. The van der Waals surface area contributed by atoms with Gasteiger partial charge in [-0.05, 0) is 0 Å². The summed E-state index contributed by atoms with van der Waals surface area (Å²) in [6.45, 7) is 0. The first-order valence-electron chi connectivity index (χ1n) is 2.42. The average Bonchev–Trinajstić information content (AvgIpc) is 1.76. The van der Waals surface area contributed by atoms with Crippen LogP contribution < -0.4 is 11.5 Å². The smallest absolute Gasteiger partial charge is 0.356 e. The van der Waals surface area contributed by atoms with E-state index in [4.69, 9.17) is 50.8 Å². The van der Waals surface area contributed by atoms with Crippen LogP contribution in [0.15, 0.2) is 0 Å². The Morgan fingerprint density at radius 2 is 0.706 bits per heavy atom. The van der Waals surface area contributed by atoms with Crippen LogP contribution in [0.2, 0.25) is 0 Å².